The van der Waals surface area contributed by atoms with Crippen LogP contribution in [0.4, 0.5) is 0 Å². The first-order valence-electron chi connectivity index (χ1n) is 6.44. The van der Waals surface area contributed by atoms with Crippen molar-refractivity contribution in [2.24, 2.45) is 0 Å². The minimum Gasteiger partial charge on any atom is -0.478 e. The zero-order valence-corrected chi connectivity index (χ0v) is 11.9. The number of rotatable bonds is 4. The van der Waals surface area contributed by atoms with E-state index in [2.05, 4.69) is 11.9 Å². The van der Waals surface area contributed by atoms with E-state index in [-0.39, 0.29) is 10.8 Å². The van der Waals surface area contributed by atoms with Crippen LogP contribution in [0.2, 0.25) is 0 Å². The Balaban J connectivity index is 1.93. The van der Waals surface area contributed by atoms with Gasteiger partial charge in [-0.05, 0) is 50.7 Å². The zero-order valence-electron chi connectivity index (χ0n) is 11.0. The van der Waals surface area contributed by atoms with Crippen molar-refractivity contribution in [1.29, 1.82) is 0 Å². The third-order valence-electron chi connectivity index (χ3n) is 3.55. The van der Waals surface area contributed by atoms with Gasteiger partial charge in [0.25, 0.3) is 0 Å². The first-order chi connectivity index (χ1) is 9.06. The quantitative estimate of drug-likeness (QED) is 0.913. The molecule has 1 fully saturated rings. The molecule has 1 aromatic carbocycles. The molecule has 1 N–H and O–H groups in total. The number of carbonyl (C=O) groups is 1. The van der Waals surface area contributed by atoms with Gasteiger partial charge in [0.05, 0.1) is 5.56 Å². The molecule has 1 aliphatic rings. The van der Waals surface area contributed by atoms with Crippen LogP contribution in [0, 0.1) is 0 Å². The minimum absolute atomic E-state index is 0.272. The summed E-state index contributed by atoms with van der Waals surface area (Å²) in [5.74, 6) is -0.406. The van der Waals surface area contributed by atoms with Crippen LogP contribution in [0.1, 0.15) is 28.8 Å². The molecule has 1 heterocycles. The van der Waals surface area contributed by atoms with E-state index in [4.69, 9.17) is 5.11 Å². The Morgan fingerprint density at radius 2 is 1.89 bits per heavy atom. The Bertz CT molecular complexity index is 464. The molecular weight excluding hydrogens is 262 g/mol. The van der Waals surface area contributed by atoms with Crippen molar-refractivity contribution in [2.45, 2.75) is 23.8 Å². The summed E-state index contributed by atoms with van der Waals surface area (Å²) in [4.78, 5) is 13.0. The highest BCUT2D eigenvalue weighted by Gasteiger charge is 2.22. The Labute approximate surface area is 115 Å². The van der Waals surface area contributed by atoms with Crippen LogP contribution in [0.25, 0.3) is 0 Å². The molecule has 0 spiro atoms. The van der Waals surface area contributed by atoms with E-state index in [9.17, 15) is 9.00 Å². The van der Waals surface area contributed by atoms with Crippen LogP contribution >= 0.6 is 0 Å². The Morgan fingerprint density at radius 3 is 2.42 bits per heavy atom. The highest BCUT2D eigenvalue weighted by molar-refractivity contribution is 7.84. The lowest BCUT2D eigenvalue weighted by atomic mass is 10.1. The minimum atomic E-state index is -0.928. The second-order valence-electron chi connectivity index (χ2n) is 5.03. The lowest BCUT2D eigenvalue weighted by Gasteiger charge is -2.28. The molecule has 104 valence electrons. The van der Waals surface area contributed by atoms with Gasteiger partial charge in [0.1, 0.15) is 0 Å². The van der Waals surface area contributed by atoms with E-state index in [0.717, 1.165) is 31.5 Å². The molecule has 1 aliphatic heterocycles. The van der Waals surface area contributed by atoms with E-state index in [0.29, 0.717) is 5.75 Å². The Morgan fingerprint density at radius 1 is 1.32 bits per heavy atom. The number of nitrogens with zero attached hydrogens (tertiary/aromatic N) is 1. The Kier molecular flexibility index (Phi) is 4.71. The summed E-state index contributed by atoms with van der Waals surface area (Å²) < 4.78 is 12.3. The third kappa shape index (κ3) is 3.88. The van der Waals surface area contributed by atoms with Gasteiger partial charge in [-0.25, -0.2) is 4.79 Å². The molecule has 4 nitrogen and oxygen atoms in total. The van der Waals surface area contributed by atoms with Gasteiger partial charge in [0.15, 0.2) is 0 Å². The first kappa shape index (κ1) is 14.2. The number of carboxylic acid groups (broad SMARTS) is 1. The van der Waals surface area contributed by atoms with Crippen molar-refractivity contribution in [2.75, 3.05) is 20.1 Å². The van der Waals surface area contributed by atoms with E-state index in [1.807, 2.05) is 0 Å². The predicted octanol–water partition coefficient (Wildman–Crippen LogP) is 1.73. The summed E-state index contributed by atoms with van der Waals surface area (Å²) in [7, 11) is 1.22. The van der Waals surface area contributed by atoms with Crippen molar-refractivity contribution in [1.82, 2.24) is 4.90 Å². The highest BCUT2D eigenvalue weighted by atomic mass is 32.2. The standard InChI is InChI=1S/C14H19NO3S/c1-15-8-6-13(7-9-15)19(18)10-11-2-4-12(5-3-11)14(16)17/h2-5,13H,6-10H2,1H3,(H,16,17). The summed E-state index contributed by atoms with van der Waals surface area (Å²) in [5, 5.41) is 9.10. The Hall–Kier alpha value is -1.20. The third-order valence-corrected chi connectivity index (χ3v) is 5.38. The van der Waals surface area contributed by atoms with Crippen molar-refractivity contribution < 1.29 is 14.1 Å². The van der Waals surface area contributed by atoms with Crippen LogP contribution in [0.15, 0.2) is 24.3 Å². The van der Waals surface area contributed by atoms with Crippen molar-refractivity contribution in [3.63, 3.8) is 0 Å². The monoisotopic (exact) mass is 281 g/mol. The number of hydrogen-bond donors (Lipinski definition) is 1. The van der Waals surface area contributed by atoms with Gasteiger partial charge in [-0.1, -0.05) is 12.1 Å². The van der Waals surface area contributed by atoms with E-state index in [1.54, 1.807) is 24.3 Å². The largest absolute Gasteiger partial charge is 0.478 e. The van der Waals surface area contributed by atoms with E-state index >= 15 is 0 Å². The van der Waals surface area contributed by atoms with Gasteiger partial charge in [-0.15, -0.1) is 0 Å². The lowest BCUT2D eigenvalue weighted by molar-refractivity contribution is 0.0697. The molecule has 0 radical (unpaired) electrons. The first-order valence-corrected chi connectivity index (χ1v) is 7.82. The summed E-state index contributed by atoms with van der Waals surface area (Å²) in [6, 6.07) is 6.67. The molecule has 0 saturated carbocycles. The fraction of sp³-hybridized carbons (Fsp3) is 0.500. The molecule has 0 bridgehead atoms. The van der Waals surface area contributed by atoms with Crippen LogP contribution in [-0.2, 0) is 16.6 Å². The molecule has 0 amide bonds. The maximum atomic E-state index is 12.3. The summed E-state index contributed by atoms with van der Waals surface area (Å²) in [5.41, 5.74) is 1.22. The average Bonchev–Trinajstić information content (AvgIpc) is 2.40. The molecule has 5 heteroatoms. The smallest absolute Gasteiger partial charge is 0.335 e. The SMILES string of the molecule is CN1CCC(S(=O)Cc2ccc(C(=O)O)cc2)CC1. The van der Waals surface area contributed by atoms with E-state index < -0.39 is 16.8 Å². The molecule has 0 aromatic heterocycles. The van der Waals surface area contributed by atoms with Gasteiger partial charge in [-0.3, -0.25) is 4.21 Å². The number of hydrogen-bond acceptors (Lipinski definition) is 3. The number of likely N-dealkylation sites (tertiary alicyclic amines) is 1. The van der Waals surface area contributed by atoms with Crippen molar-refractivity contribution in [3.05, 3.63) is 35.4 Å². The second-order valence-corrected chi connectivity index (χ2v) is 6.75. The fourth-order valence-corrected chi connectivity index (χ4v) is 3.77. The maximum absolute atomic E-state index is 12.3. The maximum Gasteiger partial charge on any atom is 0.335 e. The van der Waals surface area contributed by atoms with Gasteiger partial charge >= 0.3 is 5.97 Å². The molecule has 1 unspecified atom stereocenters. The van der Waals surface area contributed by atoms with Crippen LogP contribution in [0.5, 0.6) is 0 Å². The normalized spacial score (nSPS) is 19.2. The number of carboxylic acids is 1. The summed E-state index contributed by atoms with van der Waals surface area (Å²) in [6.45, 7) is 2.02. The van der Waals surface area contributed by atoms with E-state index in [1.165, 1.54) is 0 Å². The van der Waals surface area contributed by atoms with Crippen LogP contribution in [0.3, 0.4) is 0 Å². The van der Waals surface area contributed by atoms with Crippen molar-refractivity contribution >= 4 is 16.8 Å². The molecule has 2 rings (SSSR count). The molecule has 1 aromatic rings. The zero-order chi connectivity index (χ0) is 13.8. The molecule has 19 heavy (non-hydrogen) atoms. The molecular formula is C14H19NO3S. The number of piperidine rings is 1. The van der Waals surface area contributed by atoms with Gasteiger partial charge in [0, 0.05) is 21.8 Å². The van der Waals surface area contributed by atoms with Gasteiger partial charge in [-0.2, -0.15) is 0 Å². The van der Waals surface area contributed by atoms with Crippen LogP contribution < -0.4 is 0 Å². The van der Waals surface area contributed by atoms with Crippen molar-refractivity contribution in [3.8, 4) is 0 Å². The second kappa shape index (κ2) is 6.30. The topological polar surface area (TPSA) is 57.6 Å². The lowest BCUT2D eigenvalue weighted by Crippen LogP contribution is -2.35. The average molecular weight is 281 g/mol. The van der Waals surface area contributed by atoms with Gasteiger partial charge < -0.3 is 10.0 Å². The number of aromatic carboxylic acids is 1. The number of benzene rings is 1. The highest BCUT2D eigenvalue weighted by Crippen LogP contribution is 2.18. The molecule has 0 aliphatic carbocycles. The van der Waals surface area contributed by atoms with Gasteiger partial charge in [0.2, 0.25) is 0 Å². The summed E-state index contributed by atoms with van der Waals surface area (Å²) in [6.07, 6.45) is 1.96. The van der Waals surface area contributed by atoms with Crippen LogP contribution in [-0.4, -0.2) is 45.6 Å². The summed E-state index contributed by atoms with van der Waals surface area (Å²) >= 11 is 0. The fourth-order valence-electron chi connectivity index (χ4n) is 2.27. The predicted molar refractivity (Wildman–Crippen MR) is 75.8 cm³/mol. The molecule has 1 saturated heterocycles. The molecule has 1 atom stereocenters.